The van der Waals surface area contributed by atoms with Crippen molar-refractivity contribution in [3.8, 4) is 52.8 Å². The number of para-hydroxylation sites is 2. The largest absolute Gasteiger partial charge is 0.308 e. The van der Waals surface area contributed by atoms with E-state index in [1.165, 1.54) is 0 Å². The first kappa shape index (κ1) is 27.9. The maximum Gasteiger partial charge on any atom is 0.104 e. The van der Waals surface area contributed by atoms with Crippen LogP contribution in [0.1, 0.15) is 27.8 Å². The van der Waals surface area contributed by atoms with Gasteiger partial charge in [0.25, 0.3) is 0 Å². The van der Waals surface area contributed by atoms with Crippen molar-refractivity contribution in [2.45, 2.75) is 0 Å². The van der Waals surface area contributed by atoms with Crippen molar-refractivity contribution in [1.82, 2.24) is 9.13 Å². The van der Waals surface area contributed by atoms with Crippen LogP contribution in [0.2, 0.25) is 0 Å². The fourth-order valence-electron chi connectivity index (χ4n) is 6.77. The summed E-state index contributed by atoms with van der Waals surface area (Å²) in [6.07, 6.45) is 0. The molecule has 2 heterocycles. The average molecular weight is 610 g/mol. The SMILES string of the molecule is N#Cc1cc(C#N)cc(-c2cc(-n3c4ccccc4c4cc(C#N)ccc43)c(C#N)c(-n3c4ccccc4c4cc(C#N)ccc43)c2)c1. The van der Waals surface area contributed by atoms with Crippen LogP contribution in [0.25, 0.3) is 66.1 Å². The number of benzene rings is 6. The summed E-state index contributed by atoms with van der Waals surface area (Å²) in [6, 6.07) is 47.0. The predicted octanol–water partition coefficient (Wildman–Crippen LogP) is 8.91. The molecule has 0 aliphatic rings. The maximum absolute atomic E-state index is 11.0. The topological polar surface area (TPSA) is 129 Å². The monoisotopic (exact) mass is 609 g/mol. The third-order valence-electron chi connectivity index (χ3n) is 8.82. The summed E-state index contributed by atoms with van der Waals surface area (Å²) in [5.41, 5.74) is 8.04. The standard InChI is InChI=1S/C41H19N7/c42-20-25-9-11-38-33(16-25)31-5-1-3-7-36(31)47(38)40-18-30(29-14-27(22-44)13-28(15-29)23-45)19-41(35(40)24-46)48-37-8-4-2-6-32(37)34-17-26(21-43)10-12-39(34)48/h1-19H. The smallest absolute Gasteiger partial charge is 0.104 e. The van der Waals surface area contributed by atoms with Gasteiger partial charge < -0.3 is 9.13 Å². The molecular formula is C41H19N7. The highest BCUT2D eigenvalue weighted by Gasteiger charge is 2.23. The molecule has 2 aromatic heterocycles. The Kier molecular flexibility index (Phi) is 6.26. The number of hydrogen-bond acceptors (Lipinski definition) is 5. The molecule has 8 rings (SSSR count). The summed E-state index contributed by atoms with van der Waals surface area (Å²) in [7, 11) is 0. The van der Waals surface area contributed by atoms with Crippen molar-refractivity contribution < 1.29 is 0 Å². The molecule has 0 N–H and O–H groups in total. The average Bonchev–Trinajstić information content (AvgIpc) is 3.65. The zero-order valence-electron chi connectivity index (χ0n) is 25.1. The summed E-state index contributed by atoms with van der Waals surface area (Å²) in [5, 5.41) is 53.7. The predicted molar refractivity (Wildman–Crippen MR) is 184 cm³/mol. The molecule has 7 nitrogen and oxygen atoms in total. The first-order chi connectivity index (χ1) is 23.6. The summed E-state index contributed by atoms with van der Waals surface area (Å²) in [6.45, 7) is 0. The summed E-state index contributed by atoms with van der Waals surface area (Å²) < 4.78 is 4.08. The van der Waals surface area contributed by atoms with E-state index >= 15 is 0 Å². The Morgan fingerprint density at radius 3 is 1.21 bits per heavy atom. The minimum absolute atomic E-state index is 0.346. The fourth-order valence-corrected chi connectivity index (χ4v) is 6.77. The molecular weight excluding hydrogens is 591 g/mol. The van der Waals surface area contributed by atoms with Crippen molar-refractivity contribution in [2.75, 3.05) is 0 Å². The second-order valence-corrected chi connectivity index (χ2v) is 11.4. The molecule has 0 saturated carbocycles. The van der Waals surface area contributed by atoms with E-state index in [2.05, 4.69) is 30.3 Å². The Morgan fingerprint density at radius 1 is 0.354 bits per heavy atom. The van der Waals surface area contributed by atoms with Crippen LogP contribution in [-0.2, 0) is 0 Å². The number of nitriles is 5. The van der Waals surface area contributed by atoms with E-state index in [9.17, 15) is 26.3 Å². The van der Waals surface area contributed by atoms with E-state index in [1.807, 2.05) is 94.1 Å². The second-order valence-electron chi connectivity index (χ2n) is 11.4. The van der Waals surface area contributed by atoms with Gasteiger partial charge in [-0.15, -0.1) is 0 Å². The Morgan fingerprint density at radius 2 is 0.771 bits per heavy atom. The van der Waals surface area contributed by atoms with Crippen molar-refractivity contribution in [1.29, 1.82) is 26.3 Å². The number of hydrogen-bond donors (Lipinski definition) is 0. The van der Waals surface area contributed by atoms with Crippen LogP contribution >= 0.6 is 0 Å². The van der Waals surface area contributed by atoms with Crippen LogP contribution in [-0.4, -0.2) is 9.13 Å². The minimum Gasteiger partial charge on any atom is -0.308 e. The number of rotatable bonds is 3. The van der Waals surface area contributed by atoms with E-state index in [0.717, 1.165) is 43.6 Å². The first-order valence-corrected chi connectivity index (χ1v) is 15.0. The number of nitrogens with zero attached hydrogens (tertiary/aromatic N) is 7. The molecule has 6 aromatic carbocycles. The molecule has 0 unspecified atom stereocenters. The molecule has 0 fully saturated rings. The van der Waals surface area contributed by atoms with Gasteiger partial charge in [0, 0.05) is 21.5 Å². The minimum atomic E-state index is 0.346. The third-order valence-corrected chi connectivity index (χ3v) is 8.82. The highest BCUT2D eigenvalue weighted by molar-refractivity contribution is 6.11. The van der Waals surface area contributed by atoms with Gasteiger partial charge in [0.2, 0.25) is 0 Å². The molecule has 8 aromatic rings. The lowest BCUT2D eigenvalue weighted by molar-refractivity contribution is 1.12. The Balaban J connectivity index is 1.57. The molecule has 218 valence electrons. The zero-order valence-corrected chi connectivity index (χ0v) is 25.1. The molecule has 48 heavy (non-hydrogen) atoms. The van der Waals surface area contributed by atoms with Crippen LogP contribution < -0.4 is 0 Å². The van der Waals surface area contributed by atoms with Crippen LogP contribution in [0.4, 0.5) is 0 Å². The van der Waals surface area contributed by atoms with Gasteiger partial charge in [0.15, 0.2) is 0 Å². The molecule has 0 bridgehead atoms. The van der Waals surface area contributed by atoms with Gasteiger partial charge in [-0.25, -0.2) is 0 Å². The summed E-state index contributed by atoms with van der Waals surface area (Å²) >= 11 is 0. The van der Waals surface area contributed by atoms with Gasteiger partial charge >= 0.3 is 0 Å². The summed E-state index contributed by atoms with van der Waals surface area (Å²) in [4.78, 5) is 0. The Bertz CT molecular complexity index is 2720. The molecule has 0 amide bonds. The molecule has 0 spiro atoms. The molecule has 0 aliphatic heterocycles. The normalized spacial score (nSPS) is 10.8. The second kappa shape index (κ2) is 10.8. The van der Waals surface area contributed by atoms with Crippen molar-refractivity contribution in [3.05, 3.63) is 143 Å². The number of fused-ring (bicyclic) bond motifs is 6. The lowest BCUT2D eigenvalue weighted by atomic mass is 9.97. The molecule has 0 atom stereocenters. The maximum atomic E-state index is 11.0. The quantitative estimate of drug-likeness (QED) is 0.197. The van der Waals surface area contributed by atoms with Crippen molar-refractivity contribution >= 4 is 43.6 Å². The van der Waals surface area contributed by atoms with E-state index < -0.39 is 0 Å². The van der Waals surface area contributed by atoms with Crippen LogP contribution in [0.3, 0.4) is 0 Å². The van der Waals surface area contributed by atoms with Gasteiger partial charge in [-0.3, -0.25) is 0 Å². The summed E-state index contributed by atoms with van der Waals surface area (Å²) in [5.74, 6) is 0. The lowest BCUT2D eigenvalue weighted by Crippen LogP contribution is -2.05. The van der Waals surface area contributed by atoms with Crippen molar-refractivity contribution in [2.24, 2.45) is 0 Å². The Labute approximate surface area is 274 Å². The fraction of sp³-hybridized carbons (Fsp3) is 0. The molecule has 0 radical (unpaired) electrons. The van der Waals surface area contributed by atoms with Crippen LogP contribution in [0.15, 0.2) is 115 Å². The van der Waals surface area contributed by atoms with Crippen LogP contribution in [0.5, 0.6) is 0 Å². The lowest BCUT2D eigenvalue weighted by Gasteiger charge is -2.18. The zero-order chi connectivity index (χ0) is 32.9. The van der Waals surface area contributed by atoms with Gasteiger partial charge in [0.05, 0.1) is 80.0 Å². The molecule has 0 aliphatic carbocycles. The van der Waals surface area contributed by atoms with Crippen LogP contribution in [0, 0.1) is 56.7 Å². The van der Waals surface area contributed by atoms with Gasteiger partial charge in [-0.2, -0.15) is 26.3 Å². The molecule has 7 heteroatoms. The van der Waals surface area contributed by atoms with Gasteiger partial charge in [0.1, 0.15) is 11.6 Å². The molecule has 0 saturated heterocycles. The van der Waals surface area contributed by atoms with E-state index in [1.54, 1.807) is 30.3 Å². The third kappa shape index (κ3) is 4.10. The first-order valence-electron chi connectivity index (χ1n) is 15.0. The van der Waals surface area contributed by atoms with Gasteiger partial charge in [-0.05, 0) is 90.0 Å². The highest BCUT2D eigenvalue weighted by Crippen LogP contribution is 2.40. The van der Waals surface area contributed by atoms with Crippen molar-refractivity contribution in [3.63, 3.8) is 0 Å². The number of aromatic nitrogens is 2. The highest BCUT2D eigenvalue weighted by atomic mass is 15.0. The van der Waals surface area contributed by atoms with E-state index in [4.69, 9.17) is 0 Å². The van der Waals surface area contributed by atoms with E-state index in [0.29, 0.717) is 50.3 Å². The Hall–Kier alpha value is -7.63. The van der Waals surface area contributed by atoms with Gasteiger partial charge in [-0.1, -0.05) is 36.4 Å². The van der Waals surface area contributed by atoms with E-state index in [-0.39, 0.29) is 0 Å².